The molecule has 2 aromatic carbocycles. The summed E-state index contributed by atoms with van der Waals surface area (Å²) in [6.07, 6.45) is 0. The van der Waals surface area contributed by atoms with Crippen molar-refractivity contribution in [1.82, 2.24) is 5.32 Å². The third kappa shape index (κ3) is 4.75. The summed E-state index contributed by atoms with van der Waals surface area (Å²) in [5.41, 5.74) is 0.0357. The first kappa shape index (κ1) is 19.3. The van der Waals surface area contributed by atoms with Gasteiger partial charge in [0.15, 0.2) is 0 Å². The number of hydrogen-bond acceptors (Lipinski definition) is 4. The highest BCUT2D eigenvalue weighted by molar-refractivity contribution is 5.91. The minimum absolute atomic E-state index is 0.212. The van der Waals surface area contributed by atoms with Gasteiger partial charge in [0, 0.05) is 6.07 Å². The molecule has 2 N–H and O–H groups in total. The number of rotatable bonds is 6. The first-order valence-electron chi connectivity index (χ1n) is 7.68. The average Bonchev–Trinajstić information content (AvgIpc) is 2.60. The Morgan fingerprint density at radius 3 is 2.35 bits per heavy atom. The summed E-state index contributed by atoms with van der Waals surface area (Å²) >= 11 is 0. The molecule has 0 heterocycles. The highest BCUT2D eigenvalue weighted by Crippen LogP contribution is 2.20. The van der Waals surface area contributed by atoms with Crippen molar-refractivity contribution in [3.05, 3.63) is 65.0 Å². The number of ether oxygens (including phenoxy) is 1. The summed E-state index contributed by atoms with van der Waals surface area (Å²) in [4.78, 5) is 23.4. The van der Waals surface area contributed by atoms with Crippen molar-refractivity contribution in [1.29, 1.82) is 0 Å². The Bertz CT molecular complexity index is 810. The van der Waals surface area contributed by atoms with Gasteiger partial charge < -0.3 is 15.4 Å². The van der Waals surface area contributed by atoms with Crippen LogP contribution in [0, 0.1) is 17.5 Å². The van der Waals surface area contributed by atoms with E-state index in [1.807, 2.05) is 0 Å². The second kappa shape index (κ2) is 8.37. The van der Waals surface area contributed by atoms with Crippen LogP contribution < -0.4 is 10.6 Å². The molecule has 0 radical (unpaired) electrons. The minimum atomic E-state index is -1.06. The Morgan fingerprint density at radius 1 is 1.08 bits per heavy atom. The molecule has 2 aromatic rings. The lowest BCUT2D eigenvalue weighted by atomic mass is 10.1. The second-order valence-corrected chi connectivity index (χ2v) is 5.50. The van der Waals surface area contributed by atoms with E-state index in [0.717, 1.165) is 13.2 Å². The summed E-state index contributed by atoms with van der Waals surface area (Å²) < 4.78 is 44.7. The largest absolute Gasteiger partial charge is 0.465 e. The van der Waals surface area contributed by atoms with Gasteiger partial charge in [0.1, 0.15) is 17.5 Å². The lowest BCUT2D eigenvalue weighted by molar-refractivity contribution is -0.120. The van der Waals surface area contributed by atoms with Gasteiger partial charge >= 0.3 is 5.97 Å². The fraction of sp³-hybridized carbons (Fsp3) is 0.222. The minimum Gasteiger partial charge on any atom is -0.465 e. The molecule has 1 atom stereocenters. The van der Waals surface area contributed by atoms with Gasteiger partial charge in [-0.25, -0.2) is 18.0 Å². The normalized spacial score (nSPS) is 11.6. The fourth-order valence-electron chi connectivity index (χ4n) is 2.25. The van der Waals surface area contributed by atoms with E-state index in [1.165, 1.54) is 24.3 Å². The van der Waals surface area contributed by atoms with Crippen molar-refractivity contribution in [3.63, 3.8) is 0 Å². The molecular formula is C18H17F3N2O3. The zero-order valence-electron chi connectivity index (χ0n) is 14.1. The smallest absolute Gasteiger partial charge is 0.340 e. The van der Waals surface area contributed by atoms with Crippen LogP contribution in [0.25, 0.3) is 0 Å². The van der Waals surface area contributed by atoms with Gasteiger partial charge in [-0.3, -0.25) is 4.79 Å². The molecule has 0 aromatic heterocycles. The molecule has 0 aliphatic carbocycles. The van der Waals surface area contributed by atoms with Crippen molar-refractivity contribution < 1.29 is 27.5 Å². The number of halogens is 3. The monoisotopic (exact) mass is 366 g/mol. The van der Waals surface area contributed by atoms with Gasteiger partial charge in [-0.2, -0.15) is 0 Å². The van der Waals surface area contributed by atoms with E-state index in [-0.39, 0.29) is 18.0 Å². The number of nitrogens with one attached hydrogen (secondary N) is 2. The second-order valence-electron chi connectivity index (χ2n) is 5.50. The van der Waals surface area contributed by atoms with Crippen LogP contribution in [-0.2, 0) is 9.53 Å². The maximum absolute atomic E-state index is 13.8. The molecule has 0 bridgehead atoms. The summed E-state index contributed by atoms with van der Waals surface area (Å²) in [6.45, 7) is 1.40. The fourth-order valence-corrected chi connectivity index (χ4v) is 2.25. The molecule has 0 fully saturated rings. The molecule has 5 nitrogen and oxygen atoms in total. The Morgan fingerprint density at radius 2 is 1.73 bits per heavy atom. The van der Waals surface area contributed by atoms with Gasteiger partial charge in [0.05, 0.1) is 30.9 Å². The molecule has 26 heavy (non-hydrogen) atoms. The summed E-state index contributed by atoms with van der Waals surface area (Å²) in [7, 11) is 1.07. The number of methoxy groups -OCH3 is 1. The molecule has 0 spiro atoms. The molecule has 1 amide bonds. The lowest BCUT2D eigenvalue weighted by Crippen LogP contribution is -2.32. The van der Waals surface area contributed by atoms with Gasteiger partial charge in [-0.15, -0.1) is 0 Å². The van der Waals surface area contributed by atoms with Crippen molar-refractivity contribution in [3.8, 4) is 0 Å². The number of carbonyl (C=O) groups excluding carboxylic acids is 2. The van der Waals surface area contributed by atoms with Crippen LogP contribution in [0.2, 0.25) is 0 Å². The predicted molar refractivity (Wildman–Crippen MR) is 89.1 cm³/mol. The molecule has 0 saturated carbocycles. The maximum atomic E-state index is 13.8. The molecule has 0 aliphatic heterocycles. The standard InChI is InChI=1S/C18H17F3N2O3/c1-10(11-3-5-12(19)6-4-11)23-17(24)9-22-16-7-13(18(25)26-2)14(20)8-15(16)21/h3-8,10,22H,9H2,1-2H3,(H,23,24). The molecule has 2 rings (SSSR count). The van der Waals surface area contributed by atoms with Crippen LogP contribution in [0.5, 0.6) is 0 Å². The summed E-state index contributed by atoms with van der Waals surface area (Å²) in [6, 6.07) is 6.71. The number of amides is 1. The average molecular weight is 366 g/mol. The first-order valence-corrected chi connectivity index (χ1v) is 7.68. The number of carbonyl (C=O) groups is 2. The molecule has 1 unspecified atom stereocenters. The van der Waals surface area contributed by atoms with E-state index >= 15 is 0 Å². The number of esters is 1. The number of benzene rings is 2. The van der Waals surface area contributed by atoms with Crippen molar-refractivity contribution in [2.24, 2.45) is 0 Å². The summed E-state index contributed by atoms with van der Waals surface area (Å²) in [5.74, 6) is -3.82. The first-order chi connectivity index (χ1) is 12.3. The van der Waals surface area contributed by atoms with Gasteiger partial charge in [0.25, 0.3) is 0 Å². The number of hydrogen-bond donors (Lipinski definition) is 2. The van der Waals surface area contributed by atoms with E-state index in [2.05, 4.69) is 15.4 Å². The van der Waals surface area contributed by atoms with Crippen LogP contribution in [0.3, 0.4) is 0 Å². The highest BCUT2D eigenvalue weighted by atomic mass is 19.1. The van der Waals surface area contributed by atoms with Crippen molar-refractivity contribution in [2.45, 2.75) is 13.0 Å². The van der Waals surface area contributed by atoms with Crippen LogP contribution in [0.15, 0.2) is 36.4 Å². The lowest BCUT2D eigenvalue weighted by Gasteiger charge is -2.15. The maximum Gasteiger partial charge on any atom is 0.340 e. The van der Waals surface area contributed by atoms with Crippen LogP contribution in [-0.4, -0.2) is 25.5 Å². The van der Waals surface area contributed by atoms with E-state index in [0.29, 0.717) is 11.6 Å². The number of anilines is 1. The highest BCUT2D eigenvalue weighted by Gasteiger charge is 2.17. The van der Waals surface area contributed by atoms with E-state index in [4.69, 9.17) is 0 Å². The Hall–Kier alpha value is -3.03. The quantitative estimate of drug-likeness (QED) is 0.771. The SMILES string of the molecule is COC(=O)c1cc(NCC(=O)NC(C)c2ccc(F)cc2)c(F)cc1F. The molecule has 138 valence electrons. The van der Waals surface area contributed by atoms with Gasteiger partial charge in [-0.1, -0.05) is 12.1 Å². The predicted octanol–water partition coefficient (Wildman–Crippen LogP) is 3.18. The zero-order valence-corrected chi connectivity index (χ0v) is 14.1. The van der Waals surface area contributed by atoms with E-state index in [9.17, 15) is 22.8 Å². The molecule has 8 heteroatoms. The van der Waals surface area contributed by atoms with Gasteiger partial charge in [0.2, 0.25) is 5.91 Å². The van der Waals surface area contributed by atoms with Crippen LogP contribution >= 0.6 is 0 Å². The van der Waals surface area contributed by atoms with Crippen LogP contribution in [0.4, 0.5) is 18.9 Å². The third-order valence-electron chi connectivity index (χ3n) is 3.65. The van der Waals surface area contributed by atoms with Crippen LogP contribution in [0.1, 0.15) is 28.9 Å². The Labute approximate surface area is 148 Å². The topological polar surface area (TPSA) is 67.4 Å². The summed E-state index contributed by atoms with van der Waals surface area (Å²) in [5, 5.41) is 5.16. The molecule has 0 aliphatic rings. The molecular weight excluding hydrogens is 349 g/mol. The van der Waals surface area contributed by atoms with E-state index < -0.39 is 35.1 Å². The van der Waals surface area contributed by atoms with Crippen molar-refractivity contribution in [2.75, 3.05) is 19.0 Å². The Balaban J connectivity index is 2.00. The molecule has 0 saturated heterocycles. The van der Waals surface area contributed by atoms with Crippen molar-refractivity contribution >= 4 is 17.6 Å². The third-order valence-corrected chi connectivity index (χ3v) is 3.65. The van der Waals surface area contributed by atoms with E-state index in [1.54, 1.807) is 6.92 Å². The zero-order chi connectivity index (χ0) is 19.3. The Kier molecular flexibility index (Phi) is 6.21. The van der Waals surface area contributed by atoms with Gasteiger partial charge in [-0.05, 0) is 30.7 Å².